The van der Waals surface area contributed by atoms with Gasteiger partial charge in [0.25, 0.3) is 0 Å². The second kappa shape index (κ2) is 7.04. The van der Waals surface area contributed by atoms with Crippen molar-refractivity contribution in [3.63, 3.8) is 0 Å². The van der Waals surface area contributed by atoms with Crippen molar-refractivity contribution in [3.8, 4) is 11.1 Å². The van der Waals surface area contributed by atoms with Crippen molar-refractivity contribution in [1.29, 1.82) is 0 Å². The highest BCUT2D eigenvalue weighted by molar-refractivity contribution is 7.17. The van der Waals surface area contributed by atoms with Gasteiger partial charge in [0, 0.05) is 36.7 Å². The standard InChI is InChI=1S/C21H22ClN3OS/c1-26-11-13-9-15-7-8-16(10-13)25(15)19-18-17(14-5-3-2-4-6-14)12-27-20(18)24-21(22)23-19/h2-6,12-13,15-16H,7-11H2,1H3. The molecule has 2 fully saturated rings. The summed E-state index contributed by atoms with van der Waals surface area (Å²) in [5.74, 6) is 1.67. The molecule has 3 aromatic rings. The summed E-state index contributed by atoms with van der Waals surface area (Å²) >= 11 is 7.98. The predicted octanol–water partition coefficient (Wildman–Crippen LogP) is 5.41. The highest BCUT2D eigenvalue weighted by atomic mass is 35.5. The zero-order valence-corrected chi connectivity index (χ0v) is 16.8. The van der Waals surface area contributed by atoms with Gasteiger partial charge >= 0.3 is 0 Å². The third kappa shape index (κ3) is 3.02. The van der Waals surface area contributed by atoms with E-state index in [4.69, 9.17) is 21.3 Å². The van der Waals surface area contributed by atoms with Crippen LogP contribution in [0, 0.1) is 5.92 Å². The number of ether oxygens (including phenoxy) is 1. The Morgan fingerprint density at radius 2 is 1.89 bits per heavy atom. The Balaban J connectivity index is 1.62. The van der Waals surface area contributed by atoms with Crippen LogP contribution < -0.4 is 4.90 Å². The molecule has 140 valence electrons. The molecule has 2 aliphatic heterocycles. The Morgan fingerprint density at radius 1 is 1.15 bits per heavy atom. The first-order valence-corrected chi connectivity index (χ1v) is 10.8. The van der Waals surface area contributed by atoms with Crippen LogP contribution in [-0.2, 0) is 4.74 Å². The molecule has 5 rings (SSSR count). The van der Waals surface area contributed by atoms with E-state index in [1.54, 1.807) is 18.4 Å². The maximum absolute atomic E-state index is 6.33. The van der Waals surface area contributed by atoms with Crippen LogP contribution in [0.5, 0.6) is 0 Å². The van der Waals surface area contributed by atoms with Gasteiger partial charge < -0.3 is 9.64 Å². The molecule has 0 radical (unpaired) electrons. The zero-order chi connectivity index (χ0) is 18.4. The Hall–Kier alpha value is -1.69. The number of hydrogen-bond acceptors (Lipinski definition) is 5. The summed E-state index contributed by atoms with van der Waals surface area (Å²) < 4.78 is 5.44. The van der Waals surface area contributed by atoms with Crippen molar-refractivity contribution in [1.82, 2.24) is 9.97 Å². The number of anilines is 1. The lowest BCUT2D eigenvalue weighted by atomic mass is 9.91. The Kier molecular flexibility index (Phi) is 4.54. The molecule has 0 amide bonds. The largest absolute Gasteiger partial charge is 0.384 e. The number of rotatable bonds is 4. The molecule has 0 saturated carbocycles. The minimum atomic E-state index is 0.345. The van der Waals surface area contributed by atoms with Crippen LogP contribution in [-0.4, -0.2) is 35.8 Å². The van der Waals surface area contributed by atoms with E-state index in [2.05, 4.69) is 39.5 Å². The molecule has 0 spiro atoms. The molecular formula is C21H22ClN3OS. The lowest BCUT2D eigenvalue weighted by Gasteiger charge is -2.40. The molecule has 27 heavy (non-hydrogen) atoms. The molecule has 2 atom stereocenters. The predicted molar refractivity (Wildman–Crippen MR) is 112 cm³/mol. The van der Waals surface area contributed by atoms with Gasteiger partial charge in [0.2, 0.25) is 5.28 Å². The van der Waals surface area contributed by atoms with Gasteiger partial charge in [0.05, 0.1) is 5.39 Å². The number of methoxy groups -OCH3 is 1. The normalized spacial score (nSPS) is 24.7. The number of halogens is 1. The number of benzene rings is 1. The molecule has 4 heterocycles. The van der Waals surface area contributed by atoms with Crippen molar-refractivity contribution < 1.29 is 4.74 Å². The fourth-order valence-electron chi connectivity index (χ4n) is 4.92. The molecule has 4 nitrogen and oxygen atoms in total. The highest BCUT2D eigenvalue weighted by Crippen LogP contribution is 2.46. The van der Waals surface area contributed by atoms with E-state index in [0.717, 1.165) is 35.5 Å². The van der Waals surface area contributed by atoms with Crippen LogP contribution in [0.25, 0.3) is 21.3 Å². The highest BCUT2D eigenvalue weighted by Gasteiger charge is 2.42. The maximum atomic E-state index is 6.33. The molecule has 2 aliphatic rings. The van der Waals surface area contributed by atoms with E-state index in [-0.39, 0.29) is 0 Å². The second-order valence-corrected chi connectivity index (χ2v) is 8.79. The molecule has 2 saturated heterocycles. The van der Waals surface area contributed by atoms with Crippen LogP contribution in [0.1, 0.15) is 25.7 Å². The van der Waals surface area contributed by atoms with E-state index in [1.165, 1.54) is 24.0 Å². The van der Waals surface area contributed by atoms with Gasteiger partial charge in [0.1, 0.15) is 10.6 Å². The third-order valence-corrected chi connectivity index (χ3v) is 6.99. The summed E-state index contributed by atoms with van der Waals surface area (Å²) in [6, 6.07) is 11.5. The Bertz CT molecular complexity index is 947. The van der Waals surface area contributed by atoms with Crippen molar-refractivity contribution >= 4 is 39.0 Å². The number of aromatic nitrogens is 2. The van der Waals surface area contributed by atoms with Gasteiger partial charge in [-0.05, 0) is 48.8 Å². The molecule has 0 aliphatic carbocycles. The minimum Gasteiger partial charge on any atom is -0.384 e. The molecule has 2 bridgehead atoms. The van der Waals surface area contributed by atoms with E-state index in [9.17, 15) is 0 Å². The first-order valence-electron chi connectivity index (χ1n) is 9.52. The third-order valence-electron chi connectivity index (χ3n) is 5.95. The van der Waals surface area contributed by atoms with Crippen LogP contribution >= 0.6 is 22.9 Å². The summed E-state index contributed by atoms with van der Waals surface area (Å²) in [6.07, 6.45) is 4.77. The molecule has 1 aromatic carbocycles. The van der Waals surface area contributed by atoms with Crippen LogP contribution in [0.2, 0.25) is 5.28 Å². The summed E-state index contributed by atoms with van der Waals surface area (Å²) in [5, 5.41) is 3.68. The topological polar surface area (TPSA) is 38.2 Å². The van der Waals surface area contributed by atoms with Gasteiger partial charge in [-0.25, -0.2) is 4.98 Å². The first kappa shape index (κ1) is 17.4. The smallest absolute Gasteiger partial charge is 0.225 e. The average molecular weight is 400 g/mol. The molecular weight excluding hydrogens is 378 g/mol. The molecule has 0 N–H and O–H groups in total. The summed E-state index contributed by atoms with van der Waals surface area (Å²) in [6.45, 7) is 0.856. The number of hydrogen-bond donors (Lipinski definition) is 0. The number of piperidine rings is 1. The van der Waals surface area contributed by atoms with E-state index >= 15 is 0 Å². The lowest BCUT2D eigenvalue weighted by Crippen LogP contribution is -2.44. The fraction of sp³-hybridized carbons (Fsp3) is 0.429. The molecule has 2 aromatic heterocycles. The van der Waals surface area contributed by atoms with Crippen molar-refractivity contribution in [2.75, 3.05) is 18.6 Å². The average Bonchev–Trinajstić information content (AvgIpc) is 3.21. The SMILES string of the molecule is COCC1CC2CCC(C1)N2c1nc(Cl)nc2scc(-c3ccccc3)c12. The van der Waals surface area contributed by atoms with Gasteiger partial charge in [-0.1, -0.05) is 30.3 Å². The Labute approximate surface area is 168 Å². The van der Waals surface area contributed by atoms with Crippen LogP contribution in [0.3, 0.4) is 0 Å². The number of fused-ring (bicyclic) bond motifs is 3. The monoisotopic (exact) mass is 399 g/mol. The van der Waals surface area contributed by atoms with Gasteiger partial charge in [-0.15, -0.1) is 11.3 Å². The summed E-state index contributed by atoms with van der Waals surface area (Å²) in [7, 11) is 1.81. The van der Waals surface area contributed by atoms with E-state index in [1.807, 2.05) is 6.07 Å². The van der Waals surface area contributed by atoms with E-state index in [0.29, 0.717) is 23.3 Å². The maximum Gasteiger partial charge on any atom is 0.225 e. The van der Waals surface area contributed by atoms with Crippen molar-refractivity contribution in [3.05, 3.63) is 41.0 Å². The first-order chi connectivity index (χ1) is 13.2. The summed E-state index contributed by atoms with van der Waals surface area (Å²) in [5.41, 5.74) is 2.42. The van der Waals surface area contributed by atoms with Crippen molar-refractivity contribution in [2.45, 2.75) is 37.8 Å². The van der Waals surface area contributed by atoms with Crippen LogP contribution in [0.15, 0.2) is 35.7 Å². The quantitative estimate of drug-likeness (QED) is 0.550. The zero-order valence-electron chi connectivity index (χ0n) is 15.3. The van der Waals surface area contributed by atoms with Gasteiger partial charge in [0.15, 0.2) is 0 Å². The van der Waals surface area contributed by atoms with Crippen LogP contribution in [0.4, 0.5) is 5.82 Å². The molecule has 6 heteroatoms. The number of thiophene rings is 1. The Morgan fingerprint density at radius 3 is 2.59 bits per heavy atom. The molecule has 2 unspecified atom stereocenters. The van der Waals surface area contributed by atoms with Crippen molar-refractivity contribution in [2.24, 2.45) is 5.92 Å². The fourth-order valence-corrected chi connectivity index (χ4v) is 6.08. The minimum absolute atomic E-state index is 0.345. The second-order valence-electron chi connectivity index (χ2n) is 7.60. The van der Waals surface area contributed by atoms with Gasteiger partial charge in [-0.2, -0.15) is 4.98 Å². The number of nitrogens with zero attached hydrogens (tertiary/aromatic N) is 3. The van der Waals surface area contributed by atoms with E-state index < -0.39 is 0 Å². The summed E-state index contributed by atoms with van der Waals surface area (Å²) in [4.78, 5) is 12.8. The van der Waals surface area contributed by atoms with Gasteiger partial charge in [-0.3, -0.25) is 0 Å². The lowest BCUT2D eigenvalue weighted by molar-refractivity contribution is 0.129.